The summed E-state index contributed by atoms with van der Waals surface area (Å²) in [6, 6.07) is 0. The number of rotatable bonds is 21. The lowest BCUT2D eigenvalue weighted by molar-refractivity contribution is -0.146. The van der Waals surface area contributed by atoms with Gasteiger partial charge in [-0.05, 0) is 57.8 Å². The number of hydrogen-bond donors (Lipinski definition) is 1. The number of hydrogen-bond acceptors (Lipinski definition) is 3. The van der Waals surface area contributed by atoms with Crippen LogP contribution in [0.2, 0.25) is 0 Å². The molecule has 0 aliphatic heterocycles. The molecule has 0 heterocycles. The van der Waals surface area contributed by atoms with Crippen LogP contribution in [0.15, 0.2) is 24.3 Å². The van der Waals surface area contributed by atoms with Crippen LogP contribution in [0.3, 0.4) is 0 Å². The molecule has 0 radical (unpaired) electrons. The minimum atomic E-state index is -0.736. The third kappa shape index (κ3) is 21.2. The fourth-order valence-corrected chi connectivity index (χ4v) is 2.83. The van der Waals surface area contributed by atoms with Crippen molar-refractivity contribution in [2.45, 2.75) is 110 Å². The van der Waals surface area contributed by atoms with Gasteiger partial charge in [-0.2, -0.15) is 0 Å². The second-order valence-electron chi connectivity index (χ2n) is 7.32. The number of unbranched alkanes of at least 4 members (excludes halogenated alkanes) is 7. The van der Waals surface area contributed by atoms with Gasteiger partial charge in [0.15, 0.2) is 6.29 Å². The van der Waals surface area contributed by atoms with Crippen LogP contribution in [0, 0.1) is 0 Å². The quantitative estimate of drug-likeness (QED) is 0.128. The summed E-state index contributed by atoms with van der Waals surface area (Å²) in [4.78, 5) is 10.6. The Kier molecular flexibility index (Phi) is 21.3. The summed E-state index contributed by atoms with van der Waals surface area (Å²) < 4.78 is 11.8. The molecular formula is C24H44O4. The van der Waals surface area contributed by atoms with Crippen molar-refractivity contribution in [2.75, 3.05) is 13.2 Å². The van der Waals surface area contributed by atoms with Gasteiger partial charge in [0.2, 0.25) is 0 Å². The minimum absolute atomic E-state index is 0.216. The second-order valence-corrected chi connectivity index (χ2v) is 7.32. The smallest absolute Gasteiger partial charge is 0.303 e. The highest BCUT2D eigenvalue weighted by atomic mass is 16.7. The van der Waals surface area contributed by atoms with Gasteiger partial charge >= 0.3 is 5.97 Å². The average Bonchev–Trinajstić information content (AvgIpc) is 2.68. The monoisotopic (exact) mass is 396 g/mol. The van der Waals surface area contributed by atoms with Gasteiger partial charge in [-0.25, -0.2) is 0 Å². The largest absolute Gasteiger partial charge is 0.481 e. The third-order valence-electron chi connectivity index (χ3n) is 4.54. The second kappa shape index (κ2) is 22.2. The van der Waals surface area contributed by atoms with Crippen LogP contribution >= 0.6 is 0 Å². The molecule has 0 aromatic heterocycles. The molecule has 0 saturated carbocycles. The van der Waals surface area contributed by atoms with Gasteiger partial charge in [-0.1, -0.05) is 63.8 Å². The number of ether oxygens (including phenoxy) is 2. The Morgan fingerprint density at radius 3 is 1.71 bits per heavy atom. The highest BCUT2D eigenvalue weighted by Crippen LogP contribution is 2.10. The van der Waals surface area contributed by atoms with Crippen LogP contribution in [0.4, 0.5) is 0 Å². The van der Waals surface area contributed by atoms with Gasteiger partial charge in [-0.3, -0.25) is 4.79 Å². The first-order chi connectivity index (χ1) is 13.7. The van der Waals surface area contributed by atoms with E-state index in [1.807, 2.05) is 0 Å². The molecule has 0 fully saturated rings. The highest BCUT2D eigenvalue weighted by Gasteiger charge is 2.09. The summed E-state index contributed by atoms with van der Waals surface area (Å²) in [7, 11) is 0. The summed E-state index contributed by atoms with van der Waals surface area (Å²) in [6.45, 7) is 5.74. The van der Waals surface area contributed by atoms with E-state index in [4.69, 9.17) is 14.6 Å². The van der Waals surface area contributed by atoms with E-state index in [0.717, 1.165) is 38.5 Å². The van der Waals surface area contributed by atoms with Crippen molar-refractivity contribution in [1.82, 2.24) is 0 Å². The molecule has 164 valence electrons. The predicted octanol–water partition coefficient (Wildman–Crippen LogP) is 7.04. The number of carboxylic acid groups (broad SMARTS) is 1. The lowest BCUT2D eigenvalue weighted by Gasteiger charge is -2.18. The van der Waals surface area contributed by atoms with Crippen molar-refractivity contribution in [1.29, 1.82) is 0 Å². The fraction of sp³-hybridized carbons (Fsp3) is 0.792. The molecule has 0 atom stereocenters. The Labute approximate surface area is 173 Å². The molecule has 0 unspecified atom stereocenters. The first-order valence-electron chi connectivity index (χ1n) is 11.5. The van der Waals surface area contributed by atoms with E-state index in [2.05, 4.69) is 38.2 Å². The van der Waals surface area contributed by atoms with Gasteiger partial charge in [0.1, 0.15) is 0 Å². The summed E-state index contributed by atoms with van der Waals surface area (Å²) in [5.41, 5.74) is 0. The molecule has 0 rings (SSSR count). The summed E-state index contributed by atoms with van der Waals surface area (Å²) in [6.07, 6.45) is 22.8. The first-order valence-corrected chi connectivity index (χ1v) is 11.5. The fourth-order valence-electron chi connectivity index (χ4n) is 2.83. The molecule has 0 aromatic carbocycles. The Hall–Kier alpha value is -1.13. The maximum Gasteiger partial charge on any atom is 0.303 e. The molecule has 0 aliphatic rings. The molecule has 0 aliphatic carbocycles. The van der Waals surface area contributed by atoms with Crippen molar-refractivity contribution >= 4 is 5.97 Å². The van der Waals surface area contributed by atoms with E-state index in [-0.39, 0.29) is 12.7 Å². The van der Waals surface area contributed by atoms with Crippen LogP contribution < -0.4 is 0 Å². The summed E-state index contributed by atoms with van der Waals surface area (Å²) in [5, 5.41) is 8.76. The molecule has 4 nitrogen and oxygen atoms in total. The SMILES string of the molecule is CCCCC/C=C\CCOC(CCCCC(=O)O)OCC/C=C\CCCCC. The van der Waals surface area contributed by atoms with Crippen molar-refractivity contribution in [3.63, 3.8) is 0 Å². The lowest BCUT2D eigenvalue weighted by Crippen LogP contribution is -2.18. The van der Waals surface area contributed by atoms with E-state index in [0.29, 0.717) is 19.6 Å². The number of carbonyl (C=O) groups is 1. The van der Waals surface area contributed by atoms with Crippen LogP contribution in [0.25, 0.3) is 0 Å². The van der Waals surface area contributed by atoms with E-state index in [1.165, 1.54) is 38.5 Å². The van der Waals surface area contributed by atoms with E-state index < -0.39 is 5.97 Å². The van der Waals surface area contributed by atoms with Crippen molar-refractivity contribution in [3.05, 3.63) is 24.3 Å². The Morgan fingerprint density at radius 1 is 0.750 bits per heavy atom. The van der Waals surface area contributed by atoms with Gasteiger partial charge in [0.05, 0.1) is 13.2 Å². The Morgan fingerprint density at radius 2 is 1.25 bits per heavy atom. The van der Waals surface area contributed by atoms with Crippen molar-refractivity contribution < 1.29 is 19.4 Å². The van der Waals surface area contributed by atoms with E-state index >= 15 is 0 Å². The van der Waals surface area contributed by atoms with Gasteiger partial charge in [-0.15, -0.1) is 0 Å². The molecule has 28 heavy (non-hydrogen) atoms. The highest BCUT2D eigenvalue weighted by molar-refractivity contribution is 5.66. The molecular weight excluding hydrogens is 352 g/mol. The normalized spacial score (nSPS) is 12.0. The zero-order valence-corrected chi connectivity index (χ0v) is 18.4. The molecule has 0 amide bonds. The Balaban J connectivity index is 3.97. The minimum Gasteiger partial charge on any atom is -0.481 e. The van der Waals surface area contributed by atoms with Crippen molar-refractivity contribution in [3.8, 4) is 0 Å². The van der Waals surface area contributed by atoms with Gasteiger partial charge in [0, 0.05) is 6.42 Å². The number of carboxylic acids is 1. The van der Waals surface area contributed by atoms with Gasteiger partial charge < -0.3 is 14.6 Å². The maximum absolute atomic E-state index is 10.6. The number of aliphatic carboxylic acids is 1. The topological polar surface area (TPSA) is 55.8 Å². The molecule has 1 N–H and O–H groups in total. The molecule has 0 aromatic rings. The standard InChI is InChI=1S/C24H44O4/c1-3-5-7-9-11-13-17-21-27-24(20-16-15-19-23(25)26)28-22-18-14-12-10-8-6-4-2/h11-14,24H,3-10,15-22H2,1-2H3,(H,25,26)/b13-11-,14-12-. The molecule has 0 bridgehead atoms. The van der Waals surface area contributed by atoms with Crippen LogP contribution in [0.1, 0.15) is 104 Å². The molecule has 4 heteroatoms. The van der Waals surface area contributed by atoms with E-state index in [9.17, 15) is 4.79 Å². The molecule has 0 spiro atoms. The average molecular weight is 397 g/mol. The predicted molar refractivity (Wildman–Crippen MR) is 118 cm³/mol. The van der Waals surface area contributed by atoms with Crippen LogP contribution in [-0.4, -0.2) is 30.6 Å². The summed E-state index contributed by atoms with van der Waals surface area (Å²) >= 11 is 0. The van der Waals surface area contributed by atoms with Gasteiger partial charge in [0.25, 0.3) is 0 Å². The van der Waals surface area contributed by atoms with Crippen molar-refractivity contribution in [2.24, 2.45) is 0 Å². The lowest BCUT2D eigenvalue weighted by atomic mass is 10.2. The first kappa shape index (κ1) is 26.9. The van der Waals surface area contributed by atoms with E-state index in [1.54, 1.807) is 0 Å². The molecule has 0 saturated heterocycles. The zero-order chi connectivity index (χ0) is 20.7. The Bertz CT molecular complexity index is 364. The van der Waals surface area contributed by atoms with Crippen LogP contribution in [0.5, 0.6) is 0 Å². The van der Waals surface area contributed by atoms with Crippen LogP contribution in [-0.2, 0) is 14.3 Å². The summed E-state index contributed by atoms with van der Waals surface area (Å²) in [5.74, 6) is -0.736. The zero-order valence-electron chi connectivity index (χ0n) is 18.4. The third-order valence-corrected chi connectivity index (χ3v) is 4.54. The number of allylic oxidation sites excluding steroid dienone is 2. The maximum atomic E-state index is 10.6.